The van der Waals surface area contributed by atoms with E-state index in [4.69, 9.17) is 4.42 Å². The fourth-order valence-corrected chi connectivity index (χ4v) is 1.25. The molecule has 0 amide bonds. The lowest BCUT2D eigenvalue weighted by Crippen LogP contribution is -1.79. The Morgan fingerprint density at radius 2 is 2.00 bits per heavy atom. The molecular weight excluding hydrogens is 178 g/mol. The summed E-state index contributed by atoms with van der Waals surface area (Å²) < 4.78 is 30.6. The molecule has 0 radical (unpaired) electrons. The van der Waals surface area contributed by atoms with Crippen molar-refractivity contribution in [2.75, 3.05) is 0 Å². The Kier molecular flexibility index (Phi) is 1.52. The molecule has 1 N–H and O–H groups in total. The van der Waals surface area contributed by atoms with Crippen LogP contribution in [0.25, 0.3) is 11.0 Å². The van der Waals surface area contributed by atoms with Crippen molar-refractivity contribution in [2.24, 2.45) is 0 Å². The van der Waals surface area contributed by atoms with Gasteiger partial charge in [0, 0.05) is 12.1 Å². The lowest BCUT2D eigenvalue weighted by atomic mass is 10.2. The second-order valence-electron chi connectivity index (χ2n) is 2.77. The molecule has 0 saturated carbocycles. The first-order valence-corrected chi connectivity index (χ1v) is 3.66. The van der Waals surface area contributed by atoms with E-state index < -0.39 is 11.6 Å². The fraction of sp³-hybridized carbons (Fsp3) is 0.111. The summed E-state index contributed by atoms with van der Waals surface area (Å²) in [4.78, 5) is 0. The fourth-order valence-electron chi connectivity index (χ4n) is 1.25. The average molecular weight is 184 g/mol. The third kappa shape index (κ3) is 1.06. The smallest absolute Gasteiger partial charge is 0.167 e. The summed E-state index contributed by atoms with van der Waals surface area (Å²) in [6.45, 7) is 1.48. The minimum absolute atomic E-state index is 0.0208. The monoisotopic (exact) mass is 184 g/mol. The van der Waals surface area contributed by atoms with Crippen LogP contribution in [0.2, 0.25) is 0 Å². The number of rotatable bonds is 0. The third-order valence-corrected chi connectivity index (χ3v) is 1.85. The molecule has 0 fully saturated rings. The molecule has 1 aromatic heterocycles. The molecule has 0 aliphatic heterocycles. The van der Waals surface area contributed by atoms with E-state index in [0.29, 0.717) is 6.07 Å². The van der Waals surface area contributed by atoms with Crippen LogP contribution in [0.1, 0.15) is 5.76 Å². The van der Waals surface area contributed by atoms with Crippen molar-refractivity contribution < 1.29 is 18.3 Å². The van der Waals surface area contributed by atoms with Crippen LogP contribution >= 0.6 is 0 Å². The number of furan rings is 1. The molecule has 1 heterocycles. The van der Waals surface area contributed by atoms with Crippen LogP contribution in [-0.2, 0) is 0 Å². The van der Waals surface area contributed by atoms with Crippen LogP contribution < -0.4 is 0 Å². The summed E-state index contributed by atoms with van der Waals surface area (Å²) in [7, 11) is 0. The Hall–Kier alpha value is -1.58. The predicted molar refractivity (Wildman–Crippen MR) is 42.5 cm³/mol. The van der Waals surface area contributed by atoms with Crippen LogP contribution in [0.5, 0.6) is 5.75 Å². The maximum absolute atomic E-state index is 13.1. The molecule has 0 atom stereocenters. The highest BCUT2D eigenvalue weighted by Crippen LogP contribution is 2.33. The van der Waals surface area contributed by atoms with Gasteiger partial charge in [0.15, 0.2) is 5.75 Å². The molecule has 2 nitrogen and oxygen atoms in total. The highest BCUT2D eigenvalue weighted by molar-refractivity contribution is 5.85. The van der Waals surface area contributed by atoms with E-state index in [1.165, 1.54) is 6.92 Å². The van der Waals surface area contributed by atoms with Crippen molar-refractivity contribution in [3.63, 3.8) is 0 Å². The topological polar surface area (TPSA) is 33.4 Å². The summed E-state index contributed by atoms with van der Waals surface area (Å²) >= 11 is 0. The normalized spacial score (nSPS) is 11.0. The number of hydrogen-bond acceptors (Lipinski definition) is 2. The number of aromatic hydroxyl groups is 1. The Balaban J connectivity index is 2.94. The zero-order valence-corrected chi connectivity index (χ0v) is 6.77. The van der Waals surface area contributed by atoms with Crippen LogP contribution in [0.3, 0.4) is 0 Å². The highest BCUT2D eigenvalue weighted by Gasteiger charge is 2.15. The van der Waals surface area contributed by atoms with E-state index >= 15 is 0 Å². The second-order valence-corrected chi connectivity index (χ2v) is 2.77. The van der Waals surface area contributed by atoms with Gasteiger partial charge in [-0.25, -0.2) is 8.78 Å². The molecule has 0 aliphatic carbocycles. The number of benzene rings is 1. The van der Waals surface area contributed by atoms with Crippen molar-refractivity contribution in [3.8, 4) is 5.75 Å². The highest BCUT2D eigenvalue weighted by atomic mass is 19.1. The number of aryl methyl sites for hydroxylation is 1. The van der Waals surface area contributed by atoms with E-state index in [2.05, 4.69) is 0 Å². The predicted octanol–water partition coefficient (Wildman–Crippen LogP) is 2.73. The van der Waals surface area contributed by atoms with Gasteiger partial charge in [-0.15, -0.1) is 0 Å². The van der Waals surface area contributed by atoms with Gasteiger partial charge in [0.2, 0.25) is 0 Å². The standard InChI is InChI=1S/C9H6F2O2/c1-4-9(12)8-6(11)2-5(10)3-7(8)13-4/h2-3,12H,1H3. The molecule has 13 heavy (non-hydrogen) atoms. The zero-order valence-electron chi connectivity index (χ0n) is 6.77. The lowest BCUT2D eigenvalue weighted by molar-refractivity contribution is 0.450. The zero-order chi connectivity index (χ0) is 9.59. The van der Waals surface area contributed by atoms with Gasteiger partial charge in [-0.3, -0.25) is 0 Å². The Bertz CT molecular complexity index is 474. The van der Waals surface area contributed by atoms with E-state index in [1.807, 2.05) is 0 Å². The lowest BCUT2D eigenvalue weighted by Gasteiger charge is -1.92. The summed E-state index contributed by atoms with van der Waals surface area (Å²) in [5, 5.41) is 9.24. The first-order chi connectivity index (χ1) is 6.09. The van der Waals surface area contributed by atoms with Crippen molar-refractivity contribution in [3.05, 3.63) is 29.5 Å². The number of halogens is 2. The summed E-state index contributed by atoms with van der Waals surface area (Å²) in [6.07, 6.45) is 0. The van der Waals surface area contributed by atoms with Gasteiger partial charge in [-0.1, -0.05) is 0 Å². The van der Waals surface area contributed by atoms with Crippen LogP contribution in [0.15, 0.2) is 16.5 Å². The maximum Gasteiger partial charge on any atom is 0.167 e. The molecule has 68 valence electrons. The van der Waals surface area contributed by atoms with Gasteiger partial charge in [-0.2, -0.15) is 0 Å². The summed E-state index contributed by atoms with van der Waals surface area (Å²) in [6, 6.07) is 1.74. The first-order valence-electron chi connectivity index (χ1n) is 3.66. The van der Waals surface area contributed by atoms with Crippen LogP contribution in [0, 0.1) is 18.6 Å². The average Bonchev–Trinajstić information content (AvgIpc) is 2.27. The van der Waals surface area contributed by atoms with Crippen molar-refractivity contribution in [1.29, 1.82) is 0 Å². The molecular formula is C9H6F2O2. The van der Waals surface area contributed by atoms with E-state index in [1.54, 1.807) is 0 Å². The second kappa shape index (κ2) is 2.45. The quantitative estimate of drug-likeness (QED) is 0.682. The SMILES string of the molecule is Cc1oc2cc(F)cc(F)c2c1O. The molecule has 0 bridgehead atoms. The number of hydrogen-bond donors (Lipinski definition) is 1. The molecule has 0 saturated heterocycles. The van der Waals surface area contributed by atoms with Crippen LogP contribution in [0.4, 0.5) is 8.78 Å². The van der Waals surface area contributed by atoms with Gasteiger partial charge in [0.05, 0.1) is 5.39 Å². The molecule has 0 spiro atoms. The molecule has 2 rings (SSSR count). The Morgan fingerprint density at radius 1 is 1.31 bits per heavy atom. The molecule has 4 heteroatoms. The maximum atomic E-state index is 13.1. The van der Waals surface area contributed by atoms with Crippen molar-refractivity contribution >= 4 is 11.0 Å². The largest absolute Gasteiger partial charge is 0.504 e. The van der Waals surface area contributed by atoms with Crippen molar-refractivity contribution in [2.45, 2.75) is 6.92 Å². The van der Waals surface area contributed by atoms with E-state index in [9.17, 15) is 13.9 Å². The molecule has 1 aromatic carbocycles. The summed E-state index contributed by atoms with van der Waals surface area (Å²) in [5.74, 6) is -1.63. The van der Waals surface area contributed by atoms with Gasteiger partial charge in [0.1, 0.15) is 23.0 Å². The van der Waals surface area contributed by atoms with Crippen molar-refractivity contribution in [1.82, 2.24) is 0 Å². The Labute approximate surface area is 72.4 Å². The summed E-state index contributed by atoms with van der Waals surface area (Å²) in [5.41, 5.74) is 0.0208. The Morgan fingerprint density at radius 3 is 2.69 bits per heavy atom. The number of fused-ring (bicyclic) bond motifs is 1. The van der Waals surface area contributed by atoms with Gasteiger partial charge < -0.3 is 9.52 Å². The van der Waals surface area contributed by atoms with E-state index in [-0.39, 0.29) is 22.5 Å². The van der Waals surface area contributed by atoms with Crippen LogP contribution in [-0.4, -0.2) is 5.11 Å². The van der Waals surface area contributed by atoms with Gasteiger partial charge in [-0.05, 0) is 6.92 Å². The minimum Gasteiger partial charge on any atom is -0.504 e. The molecule has 0 unspecified atom stereocenters. The minimum atomic E-state index is -0.815. The van der Waals surface area contributed by atoms with E-state index in [0.717, 1.165) is 6.07 Å². The molecule has 0 aliphatic rings. The van der Waals surface area contributed by atoms with Gasteiger partial charge in [0.25, 0.3) is 0 Å². The first kappa shape index (κ1) is 8.04. The van der Waals surface area contributed by atoms with Gasteiger partial charge >= 0.3 is 0 Å². The molecule has 2 aromatic rings. The third-order valence-electron chi connectivity index (χ3n) is 1.85.